The molecule has 4 nitrogen and oxygen atoms in total. The number of furan rings is 1. The first-order valence-corrected chi connectivity index (χ1v) is 8.63. The molecule has 1 aliphatic carbocycles. The van der Waals surface area contributed by atoms with E-state index in [-0.39, 0.29) is 0 Å². The largest absolute Gasteiger partial charge is 0.463 e. The molecule has 0 bridgehead atoms. The third-order valence-corrected chi connectivity index (χ3v) is 5.07. The molecule has 0 atom stereocenters. The predicted molar refractivity (Wildman–Crippen MR) is 87.3 cm³/mol. The molecule has 1 aliphatic heterocycles. The lowest BCUT2D eigenvalue weighted by Crippen LogP contribution is -3.13. The highest BCUT2D eigenvalue weighted by Crippen LogP contribution is 2.17. The summed E-state index contributed by atoms with van der Waals surface area (Å²) < 4.78 is 5.44. The molecule has 2 fully saturated rings. The van der Waals surface area contributed by atoms with Crippen molar-refractivity contribution in [1.29, 1.82) is 0 Å². The number of quaternary nitrogens is 1. The number of hydrogen-bond acceptors (Lipinski definition) is 2. The summed E-state index contributed by atoms with van der Waals surface area (Å²) in [4.78, 5) is 3.93. The summed E-state index contributed by atoms with van der Waals surface area (Å²) in [7, 11) is 0. The Balaban J connectivity index is 1.41. The minimum absolute atomic E-state index is 0.611. The molecule has 3 rings (SSSR count). The van der Waals surface area contributed by atoms with Gasteiger partial charge in [-0.3, -0.25) is 0 Å². The molecule has 0 unspecified atom stereocenters. The molecule has 2 N–H and O–H groups in total. The second-order valence-electron chi connectivity index (χ2n) is 6.28. The zero-order valence-electron chi connectivity index (χ0n) is 12.6. The Bertz CT molecular complexity index is 434. The van der Waals surface area contributed by atoms with Crippen molar-refractivity contribution < 1.29 is 9.32 Å². The first kappa shape index (κ1) is 14.9. The van der Waals surface area contributed by atoms with Crippen molar-refractivity contribution >= 4 is 17.3 Å². The van der Waals surface area contributed by atoms with Gasteiger partial charge in [-0.25, -0.2) is 0 Å². The minimum atomic E-state index is 0.611. The van der Waals surface area contributed by atoms with Crippen molar-refractivity contribution in [2.45, 2.75) is 44.7 Å². The Labute approximate surface area is 132 Å². The van der Waals surface area contributed by atoms with Crippen LogP contribution in [0.25, 0.3) is 0 Å². The molecule has 1 saturated heterocycles. The Morgan fingerprint density at radius 1 is 1.29 bits per heavy atom. The average molecular weight is 308 g/mol. The van der Waals surface area contributed by atoms with Gasteiger partial charge in [-0.15, -0.1) is 0 Å². The molecule has 1 saturated carbocycles. The maximum atomic E-state index is 5.60. The first-order valence-electron chi connectivity index (χ1n) is 8.22. The van der Waals surface area contributed by atoms with Crippen LogP contribution in [0.5, 0.6) is 0 Å². The predicted octanol–water partition coefficient (Wildman–Crippen LogP) is 1.19. The number of nitrogens with zero attached hydrogens (tertiary/aromatic N) is 1. The molecular formula is C16H26N3OS+. The number of thiocarbonyl (C=S) groups is 1. The molecule has 2 aliphatic rings. The standard InChI is InChI=1S/C16H25N3OS/c21-16(17-14-5-2-1-3-6-14)19-10-8-18(9-11-19)13-15-7-4-12-20-15/h4,7,12,14H,1-3,5-6,8-11,13H2,(H,17,21)/p+1. The summed E-state index contributed by atoms with van der Waals surface area (Å²) in [5, 5.41) is 4.55. The summed E-state index contributed by atoms with van der Waals surface area (Å²) in [6, 6.07) is 4.64. The van der Waals surface area contributed by atoms with E-state index in [1.54, 1.807) is 11.2 Å². The van der Waals surface area contributed by atoms with E-state index in [0.717, 1.165) is 43.6 Å². The van der Waals surface area contributed by atoms with Crippen LogP contribution >= 0.6 is 12.2 Å². The summed E-state index contributed by atoms with van der Waals surface area (Å²) in [5.74, 6) is 1.08. The Morgan fingerprint density at radius 2 is 2.05 bits per heavy atom. The fourth-order valence-electron chi connectivity index (χ4n) is 3.38. The van der Waals surface area contributed by atoms with E-state index in [1.807, 2.05) is 6.07 Å². The van der Waals surface area contributed by atoms with Crippen molar-refractivity contribution in [3.63, 3.8) is 0 Å². The van der Waals surface area contributed by atoms with Crippen LogP contribution in [0, 0.1) is 0 Å². The maximum Gasteiger partial charge on any atom is 0.169 e. The first-order chi connectivity index (χ1) is 10.3. The molecule has 5 heteroatoms. The van der Waals surface area contributed by atoms with Crippen LogP contribution in [0.15, 0.2) is 22.8 Å². The van der Waals surface area contributed by atoms with Crippen LogP contribution in [0.4, 0.5) is 0 Å². The van der Waals surface area contributed by atoms with Gasteiger partial charge in [0.1, 0.15) is 6.54 Å². The van der Waals surface area contributed by atoms with Crippen molar-refractivity contribution in [2.75, 3.05) is 26.2 Å². The van der Waals surface area contributed by atoms with Crippen LogP contribution in [-0.2, 0) is 6.54 Å². The van der Waals surface area contributed by atoms with E-state index in [1.165, 1.54) is 32.1 Å². The average Bonchev–Trinajstić information content (AvgIpc) is 3.02. The lowest BCUT2D eigenvalue weighted by Gasteiger charge is -2.35. The third kappa shape index (κ3) is 4.20. The molecule has 116 valence electrons. The van der Waals surface area contributed by atoms with Crippen molar-refractivity contribution in [3.05, 3.63) is 24.2 Å². The van der Waals surface area contributed by atoms with E-state index < -0.39 is 0 Å². The number of nitrogens with one attached hydrogen (secondary N) is 2. The van der Waals surface area contributed by atoms with E-state index in [0.29, 0.717) is 6.04 Å². The lowest BCUT2D eigenvalue weighted by molar-refractivity contribution is -0.918. The number of rotatable bonds is 3. The molecule has 0 amide bonds. The van der Waals surface area contributed by atoms with Gasteiger partial charge in [0, 0.05) is 6.04 Å². The highest BCUT2D eigenvalue weighted by Gasteiger charge is 2.24. The smallest absolute Gasteiger partial charge is 0.169 e. The zero-order valence-corrected chi connectivity index (χ0v) is 13.5. The second-order valence-corrected chi connectivity index (χ2v) is 6.66. The van der Waals surface area contributed by atoms with Gasteiger partial charge in [-0.05, 0) is 37.2 Å². The number of piperazine rings is 1. The summed E-state index contributed by atoms with van der Waals surface area (Å²) in [6.07, 6.45) is 8.41. The van der Waals surface area contributed by atoms with Gasteiger partial charge in [-0.1, -0.05) is 19.3 Å². The number of hydrogen-bond donors (Lipinski definition) is 2. The zero-order chi connectivity index (χ0) is 14.5. The highest BCUT2D eigenvalue weighted by molar-refractivity contribution is 7.80. The summed E-state index contributed by atoms with van der Waals surface area (Å²) in [5.41, 5.74) is 0. The fourth-order valence-corrected chi connectivity index (χ4v) is 3.72. The topological polar surface area (TPSA) is 32.9 Å². The van der Waals surface area contributed by atoms with Gasteiger partial charge in [0.2, 0.25) is 0 Å². The molecular weight excluding hydrogens is 282 g/mol. The highest BCUT2D eigenvalue weighted by atomic mass is 32.1. The van der Waals surface area contributed by atoms with Crippen LogP contribution in [0.2, 0.25) is 0 Å². The van der Waals surface area contributed by atoms with E-state index >= 15 is 0 Å². The molecule has 2 heterocycles. The van der Waals surface area contributed by atoms with Gasteiger partial charge in [0.05, 0.1) is 32.4 Å². The fraction of sp³-hybridized carbons (Fsp3) is 0.688. The van der Waals surface area contributed by atoms with Crippen LogP contribution in [0.3, 0.4) is 0 Å². The SMILES string of the molecule is S=C(NC1CCCCC1)N1CC[NH+](Cc2ccco2)CC1. The van der Waals surface area contributed by atoms with Gasteiger partial charge < -0.3 is 19.5 Å². The van der Waals surface area contributed by atoms with Crippen LogP contribution in [-0.4, -0.2) is 42.2 Å². The quantitative estimate of drug-likeness (QED) is 0.822. The Kier molecular flexibility index (Phi) is 5.14. The van der Waals surface area contributed by atoms with Crippen molar-refractivity contribution in [3.8, 4) is 0 Å². The van der Waals surface area contributed by atoms with Crippen LogP contribution < -0.4 is 10.2 Å². The monoisotopic (exact) mass is 308 g/mol. The Morgan fingerprint density at radius 3 is 2.71 bits per heavy atom. The molecule has 1 aromatic heterocycles. The molecule has 0 aromatic carbocycles. The molecule has 1 aromatic rings. The third-order valence-electron chi connectivity index (χ3n) is 4.69. The van der Waals surface area contributed by atoms with Crippen LogP contribution in [0.1, 0.15) is 37.9 Å². The lowest BCUT2D eigenvalue weighted by atomic mass is 9.96. The van der Waals surface area contributed by atoms with Gasteiger partial charge in [0.25, 0.3) is 0 Å². The van der Waals surface area contributed by atoms with Crippen molar-refractivity contribution in [1.82, 2.24) is 10.2 Å². The molecule has 21 heavy (non-hydrogen) atoms. The summed E-state index contributed by atoms with van der Waals surface area (Å²) in [6.45, 7) is 5.35. The van der Waals surface area contributed by atoms with Gasteiger partial charge in [-0.2, -0.15) is 0 Å². The van der Waals surface area contributed by atoms with E-state index in [9.17, 15) is 0 Å². The van der Waals surface area contributed by atoms with E-state index in [2.05, 4.69) is 16.3 Å². The maximum absolute atomic E-state index is 5.60. The molecule has 0 radical (unpaired) electrons. The Hall–Kier alpha value is -1.07. The summed E-state index contributed by atoms with van der Waals surface area (Å²) >= 11 is 5.60. The second kappa shape index (κ2) is 7.27. The van der Waals surface area contributed by atoms with Gasteiger partial charge >= 0.3 is 0 Å². The minimum Gasteiger partial charge on any atom is -0.463 e. The van der Waals surface area contributed by atoms with Gasteiger partial charge in [0.15, 0.2) is 10.9 Å². The molecule has 0 spiro atoms. The normalized spacial score (nSPS) is 21.4. The van der Waals surface area contributed by atoms with Crippen molar-refractivity contribution in [2.24, 2.45) is 0 Å². The van der Waals surface area contributed by atoms with E-state index in [4.69, 9.17) is 16.6 Å².